The molecule has 0 atom stereocenters. The second kappa shape index (κ2) is 26.0. The Morgan fingerprint density at radius 3 is 0.600 bits per heavy atom. The normalized spacial score (nSPS) is 11.2. The number of rotatable bonds is 16. The molecule has 0 N–H and O–H groups in total. The molecule has 0 unspecified atom stereocenters. The number of hydrogen-bond donors (Lipinski definition) is 0. The van der Waals surface area contributed by atoms with Gasteiger partial charge in [-0.25, -0.2) is 0 Å². The minimum absolute atomic E-state index is 0.522. The van der Waals surface area contributed by atoms with Crippen molar-refractivity contribution in [3.8, 4) is 45.8 Å². The van der Waals surface area contributed by atoms with E-state index in [9.17, 15) is 10.5 Å². The summed E-state index contributed by atoms with van der Waals surface area (Å²) in [5, 5.41) is 26.8. The van der Waals surface area contributed by atoms with Gasteiger partial charge in [0.1, 0.15) is 0 Å². The van der Waals surface area contributed by atoms with E-state index in [1.807, 2.05) is 36.4 Å². The minimum atomic E-state index is 0.522. The van der Waals surface area contributed by atoms with Gasteiger partial charge in [0.15, 0.2) is 0 Å². The van der Waals surface area contributed by atoms with Gasteiger partial charge in [-0.05, 0) is 194 Å². The Balaban J connectivity index is 0.985. The van der Waals surface area contributed by atoms with Crippen LogP contribution in [0.5, 0.6) is 0 Å². The van der Waals surface area contributed by atoms with Gasteiger partial charge in [-0.3, -0.25) is 0 Å². The number of fused-ring (bicyclic) bond motifs is 6. The van der Waals surface area contributed by atoms with Crippen LogP contribution in [0.3, 0.4) is 0 Å². The molecular formula is C92H62N8. The molecule has 8 heteroatoms. The highest BCUT2D eigenvalue weighted by atomic mass is 15.2. The Hall–Kier alpha value is -13.9. The summed E-state index contributed by atoms with van der Waals surface area (Å²) < 4.78 is 4.76. The highest BCUT2D eigenvalue weighted by Gasteiger charge is 2.28. The van der Waals surface area contributed by atoms with E-state index in [-0.39, 0.29) is 0 Å². The summed E-state index contributed by atoms with van der Waals surface area (Å²) in [4.78, 5) is 9.25. The number of anilines is 12. The maximum Gasteiger partial charge on any atom is 0.0998 e. The summed E-state index contributed by atoms with van der Waals surface area (Å²) in [6.07, 6.45) is 0. The fourth-order valence-electron chi connectivity index (χ4n) is 14.5. The molecule has 470 valence electrons. The number of benzene rings is 15. The van der Waals surface area contributed by atoms with Crippen molar-refractivity contribution >= 4 is 112 Å². The van der Waals surface area contributed by atoms with Crippen LogP contribution < -0.4 is 19.6 Å². The molecule has 0 amide bonds. The van der Waals surface area contributed by atoms with Gasteiger partial charge in [0.05, 0.1) is 56.7 Å². The first-order valence-corrected chi connectivity index (χ1v) is 33.5. The first-order valence-electron chi connectivity index (χ1n) is 33.5. The Bertz CT molecular complexity index is 5120. The van der Waals surface area contributed by atoms with Crippen LogP contribution >= 0.6 is 0 Å². The van der Waals surface area contributed by atoms with Crippen molar-refractivity contribution < 1.29 is 0 Å². The second-order valence-corrected chi connectivity index (χ2v) is 24.7. The molecule has 2 aromatic heterocycles. The standard InChI is InChI=1S/C92H62N8/c93-63-65-29-25-27-47-79(65)85-62-92(100-89-55-51-77(97(71-39-17-5-18-40-71)72-41-19-6-20-42-72)59-83(89)84-60-78(52-56-90(84)100)98(73-43-21-7-22-44-73)74-45-23-8-24-46-74)86(80-48-28-26-30-66(80)64-94)61-91(85)99-87-53-49-75(95(67-31-9-1-10-32-67)68-33-11-2-12-34-68)57-81(87)82-58-76(50-54-88(82)99)96(69-35-13-3-14-36-69)70-37-15-4-16-38-70/h1-62H. The zero-order valence-electron chi connectivity index (χ0n) is 54.4. The van der Waals surface area contributed by atoms with E-state index in [2.05, 4.69) is 381 Å². The predicted octanol–water partition coefficient (Wildman–Crippen LogP) is 24.8. The molecule has 0 bridgehead atoms. The molecule has 0 radical (unpaired) electrons. The molecule has 0 aliphatic rings. The highest BCUT2D eigenvalue weighted by molar-refractivity contribution is 6.15. The Kier molecular flexibility index (Phi) is 15.6. The maximum absolute atomic E-state index is 11.4. The Morgan fingerprint density at radius 1 is 0.190 bits per heavy atom. The van der Waals surface area contributed by atoms with Crippen molar-refractivity contribution in [2.24, 2.45) is 0 Å². The van der Waals surface area contributed by atoms with Crippen LogP contribution in [0.2, 0.25) is 0 Å². The monoisotopic (exact) mass is 1280 g/mol. The van der Waals surface area contributed by atoms with Crippen molar-refractivity contribution in [2.75, 3.05) is 19.6 Å². The average molecular weight is 1280 g/mol. The average Bonchev–Trinajstić information content (AvgIpc) is 1.53. The number of hydrogen-bond acceptors (Lipinski definition) is 6. The molecule has 15 aromatic carbocycles. The van der Waals surface area contributed by atoms with Crippen LogP contribution in [-0.4, -0.2) is 9.13 Å². The maximum atomic E-state index is 11.4. The van der Waals surface area contributed by atoms with Crippen molar-refractivity contribution in [1.82, 2.24) is 9.13 Å². The Morgan fingerprint density at radius 2 is 0.390 bits per heavy atom. The van der Waals surface area contributed by atoms with E-state index in [1.165, 1.54) is 0 Å². The van der Waals surface area contributed by atoms with Crippen LogP contribution in [0.1, 0.15) is 11.1 Å². The van der Waals surface area contributed by atoms with Gasteiger partial charge in [0.2, 0.25) is 0 Å². The molecule has 0 spiro atoms. The second-order valence-electron chi connectivity index (χ2n) is 24.7. The zero-order chi connectivity index (χ0) is 66.9. The van der Waals surface area contributed by atoms with E-state index in [4.69, 9.17) is 0 Å². The third-order valence-electron chi connectivity index (χ3n) is 18.9. The highest BCUT2D eigenvalue weighted by Crippen LogP contribution is 2.50. The van der Waals surface area contributed by atoms with Crippen LogP contribution in [0.25, 0.3) is 77.2 Å². The van der Waals surface area contributed by atoms with Gasteiger partial charge in [-0.2, -0.15) is 10.5 Å². The molecule has 2 heterocycles. The summed E-state index contributed by atoms with van der Waals surface area (Å²) >= 11 is 0. The molecular weight excluding hydrogens is 1220 g/mol. The van der Waals surface area contributed by atoms with Crippen molar-refractivity contribution in [2.45, 2.75) is 0 Å². The quantitative estimate of drug-likeness (QED) is 0.0960. The van der Waals surface area contributed by atoms with Crippen LogP contribution in [-0.2, 0) is 0 Å². The lowest BCUT2D eigenvalue weighted by molar-refractivity contribution is 1.14. The summed E-state index contributed by atoms with van der Waals surface area (Å²) in [6, 6.07) is 137. The first kappa shape index (κ1) is 59.8. The molecule has 0 aliphatic carbocycles. The summed E-state index contributed by atoms with van der Waals surface area (Å²) in [5.41, 5.74) is 21.8. The van der Waals surface area contributed by atoms with Crippen LogP contribution in [0.4, 0.5) is 68.2 Å². The fraction of sp³-hybridized carbons (Fsp3) is 0. The topological polar surface area (TPSA) is 70.4 Å². The molecule has 100 heavy (non-hydrogen) atoms. The smallest absolute Gasteiger partial charge is 0.0998 e. The van der Waals surface area contributed by atoms with Gasteiger partial charge in [0.25, 0.3) is 0 Å². The number of para-hydroxylation sites is 8. The van der Waals surface area contributed by atoms with Gasteiger partial charge in [-0.15, -0.1) is 0 Å². The molecule has 0 saturated heterocycles. The van der Waals surface area contributed by atoms with E-state index in [1.54, 1.807) is 0 Å². The molecule has 17 rings (SSSR count). The largest absolute Gasteiger partial charge is 0.310 e. The zero-order valence-corrected chi connectivity index (χ0v) is 54.4. The van der Waals surface area contributed by atoms with Crippen molar-refractivity contribution in [1.29, 1.82) is 10.5 Å². The lowest BCUT2D eigenvalue weighted by Gasteiger charge is -2.26. The first-order chi connectivity index (χ1) is 49.6. The van der Waals surface area contributed by atoms with Gasteiger partial charge in [0, 0.05) is 112 Å². The molecule has 8 nitrogen and oxygen atoms in total. The lowest BCUT2D eigenvalue weighted by Crippen LogP contribution is -2.09. The lowest BCUT2D eigenvalue weighted by atomic mass is 9.92. The third kappa shape index (κ3) is 10.8. The number of nitrogens with zero attached hydrogens (tertiary/aromatic N) is 8. The third-order valence-corrected chi connectivity index (χ3v) is 18.9. The minimum Gasteiger partial charge on any atom is -0.310 e. The molecule has 0 saturated carbocycles. The predicted molar refractivity (Wildman–Crippen MR) is 414 cm³/mol. The summed E-state index contributed by atoms with van der Waals surface area (Å²) in [7, 11) is 0. The molecule has 0 fully saturated rings. The van der Waals surface area contributed by atoms with E-state index < -0.39 is 0 Å². The van der Waals surface area contributed by atoms with Crippen LogP contribution in [0, 0.1) is 22.7 Å². The van der Waals surface area contributed by atoms with Crippen LogP contribution in [0.15, 0.2) is 376 Å². The van der Waals surface area contributed by atoms with Gasteiger partial charge in [-0.1, -0.05) is 182 Å². The Labute approximate surface area is 580 Å². The molecule has 0 aliphatic heterocycles. The molecule has 17 aromatic rings. The van der Waals surface area contributed by atoms with Crippen molar-refractivity contribution in [3.63, 3.8) is 0 Å². The summed E-state index contributed by atoms with van der Waals surface area (Å²) in [6.45, 7) is 0. The number of nitriles is 2. The van der Waals surface area contributed by atoms with Gasteiger partial charge >= 0.3 is 0 Å². The number of aromatic nitrogens is 2. The van der Waals surface area contributed by atoms with Crippen molar-refractivity contribution in [3.05, 3.63) is 387 Å². The van der Waals surface area contributed by atoms with E-state index >= 15 is 0 Å². The fourth-order valence-corrected chi connectivity index (χ4v) is 14.5. The summed E-state index contributed by atoms with van der Waals surface area (Å²) in [5.74, 6) is 0. The van der Waals surface area contributed by atoms with Gasteiger partial charge < -0.3 is 28.7 Å². The van der Waals surface area contributed by atoms with E-state index in [0.29, 0.717) is 11.1 Å². The SMILES string of the molecule is N#Cc1ccccc1-c1cc(-n2c3ccc(N(c4ccccc4)c4ccccc4)cc3c3cc(N(c4ccccc4)c4ccccc4)ccc32)c(-c2ccccc2C#N)cc1-n1c2ccc(N(c3ccccc3)c3ccccc3)cc2c2cc(N(c3ccccc3)c3ccccc3)ccc21. The van der Waals surface area contributed by atoms with E-state index in [0.717, 1.165) is 145 Å².